The number of nitrogens with zero attached hydrogens (tertiary/aromatic N) is 3. The van der Waals surface area contributed by atoms with Gasteiger partial charge >= 0.3 is 0 Å². The lowest BCUT2D eigenvalue weighted by Gasteiger charge is -2.10. The summed E-state index contributed by atoms with van der Waals surface area (Å²) in [7, 11) is 1.71. The molecule has 0 bridgehead atoms. The summed E-state index contributed by atoms with van der Waals surface area (Å²) in [5.74, 6) is 1.91. The van der Waals surface area contributed by atoms with Gasteiger partial charge in [-0.15, -0.1) is 0 Å². The van der Waals surface area contributed by atoms with E-state index in [1.165, 1.54) is 56.9 Å². The van der Waals surface area contributed by atoms with E-state index in [4.69, 9.17) is 9.26 Å². The van der Waals surface area contributed by atoms with E-state index in [0.29, 0.717) is 11.7 Å². The van der Waals surface area contributed by atoms with Crippen LogP contribution in [0, 0.1) is 11.3 Å². The molecule has 0 amide bonds. The van der Waals surface area contributed by atoms with Gasteiger partial charge in [0.25, 0.3) is 0 Å². The first-order chi connectivity index (χ1) is 14.2. The summed E-state index contributed by atoms with van der Waals surface area (Å²) in [5.41, 5.74) is 1.55. The molecule has 0 N–H and O–H groups in total. The third-order valence-electron chi connectivity index (χ3n) is 5.89. The third kappa shape index (κ3) is 5.59. The molecule has 0 spiro atoms. The van der Waals surface area contributed by atoms with Gasteiger partial charge in [0.1, 0.15) is 11.2 Å². The highest BCUT2D eigenvalue weighted by atomic mass is 16.5. The van der Waals surface area contributed by atoms with E-state index in [0.717, 1.165) is 37.0 Å². The van der Waals surface area contributed by atoms with Crippen molar-refractivity contribution in [1.82, 2.24) is 10.1 Å². The summed E-state index contributed by atoms with van der Waals surface area (Å²) in [6, 6.07) is 8.34. The quantitative estimate of drug-likeness (QED) is 0.368. The van der Waals surface area contributed by atoms with Crippen molar-refractivity contribution in [2.75, 3.05) is 7.11 Å². The molecule has 0 saturated heterocycles. The van der Waals surface area contributed by atoms with Crippen LogP contribution in [0.2, 0.25) is 0 Å². The van der Waals surface area contributed by atoms with E-state index < -0.39 is 5.41 Å². The minimum atomic E-state index is -0.545. The van der Waals surface area contributed by atoms with Gasteiger partial charge in [-0.05, 0) is 49.4 Å². The normalized spacial score (nSPS) is 14.5. The zero-order chi connectivity index (χ0) is 20.5. The Kier molecular flexibility index (Phi) is 7.69. The predicted octanol–water partition coefficient (Wildman–Crippen LogP) is 6.37. The van der Waals surface area contributed by atoms with Crippen LogP contribution in [0.15, 0.2) is 22.7 Å². The average Bonchev–Trinajstić information content (AvgIpc) is 3.40. The lowest BCUT2D eigenvalue weighted by atomic mass is 10.0. The minimum absolute atomic E-state index is 0.450. The molecule has 0 atom stereocenters. The number of hydrogen-bond donors (Lipinski definition) is 0. The summed E-state index contributed by atoms with van der Waals surface area (Å²) in [6.45, 7) is 2.26. The Morgan fingerprint density at radius 3 is 2.38 bits per heavy atom. The van der Waals surface area contributed by atoms with Gasteiger partial charge in [0.15, 0.2) is 0 Å². The fourth-order valence-electron chi connectivity index (χ4n) is 3.77. The molecule has 0 unspecified atom stereocenters. The number of ether oxygens (including phenoxy) is 1. The molecule has 29 heavy (non-hydrogen) atoms. The number of hydrogen-bond acceptors (Lipinski definition) is 5. The molecule has 2 aromatic rings. The van der Waals surface area contributed by atoms with Crippen molar-refractivity contribution < 1.29 is 9.26 Å². The van der Waals surface area contributed by atoms with Crippen LogP contribution >= 0.6 is 0 Å². The molecular formula is C24H33N3O2. The zero-order valence-corrected chi connectivity index (χ0v) is 17.9. The molecule has 1 saturated carbocycles. The molecule has 5 nitrogen and oxygen atoms in total. The van der Waals surface area contributed by atoms with E-state index in [1.807, 2.05) is 12.1 Å². The van der Waals surface area contributed by atoms with Gasteiger partial charge in [0.2, 0.25) is 11.7 Å². The van der Waals surface area contributed by atoms with E-state index >= 15 is 0 Å². The number of nitriles is 1. The minimum Gasteiger partial charge on any atom is -0.496 e. The molecule has 1 fully saturated rings. The second-order valence-electron chi connectivity index (χ2n) is 8.22. The van der Waals surface area contributed by atoms with Gasteiger partial charge in [-0.25, -0.2) is 0 Å². The summed E-state index contributed by atoms with van der Waals surface area (Å²) in [4.78, 5) is 4.49. The maximum atomic E-state index is 9.32. The van der Waals surface area contributed by atoms with Crippen molar-refractivity contribution in [2.24, 2.45) is 0 Å². The van der Waals surface area contributed by atoms with Crippen molar-refractivity contribution in [3.8, 4) is 23.2 Å². The molecule has 3 rings (SSSR count). The smallest absolute Gasteiger partial charge is 0.247 e. The first kappa shape index (κ1) is 21.4. The number of benzene rings is 1. The first-order valence-electron chi connectivity index (χ1n) is 11.1. The van der Waals surface area contributed by atoms with Crippen LogP contribution < -0.4 is 4.74 Å². The Labute approximate surface area is 174 Å². The topological polar surface area (TPSA) is 71.9 Å². The second-order valence-corrected chi connectivity index (χ2v) is 8.22. The fraction of sp³-hybridized carbons (Fsp3) is 0.625. The highest BCUT2D eigenvalue weighted by molar-refractivity contribution is 5.58. The van der Waals surface area contributed by atoms with Crippen LogP contribution in [0.25, 0.3) is 11.4 Å². The monoisotopic (exact) mass is 395 g/mol. The summed E-state index contributed by atoms with van der Waals surface area (Å²) in [5, 5.41) is 13.4. The van der Waals surface area contributed by atoms with E-state index in [9.17, 15) is 5.26 Å². The largest absolute Gasteiger partial charge is 0.496 e. The lowest BCUT2D eigenvalue weighted by Crippen LogP contribution is -2.02. The van der Waals surface area contributed by atoms with Gasteiger partial charge in [0.05, 0.1) is 13.2 Å². The van der Waals surface area contributed by atoms with Gasteiger partial charge in [-0.3, -0.25) is 0 Å². The standard InChI is InChI=1S/C24H33N3O2/c1-3-4-5-6-7-8-9-10-11-12-19-17-20(13-14-21(19)28-2)22-26-23(29-27-22)24(18-25)15-16-24/h13-14,17H,3-12,15-16H2,1-2H3. The van der Waals surface area contributed by atoms with Crippen LogP contribution in [-0.4, -0.2) is 17.3 Å². The van der Waals surface area contributed by atoms with Crippen molar-refractivity contribution in [2.45, 2.75) is 89.4 Å². The molecule has 1 aliphatic rings. The van der Waals surface area contributed by atoms with Crippen LogP contribution in [0.1, 0.15) is 89.0 Å². The summed E-state index contributed by atoms with van der Waals surface area (Å²) < 4.78 is 10.9. The maximum absolute atomic E-state index is 9.32. The molecule has 0 aliphatic heterocycles. The van der Waals surface area contributed by atoms with Crippen LogP contribution in [0.3, 0.4) is 0 Å². The lowest BCUT2D eigenvalue weighted by molar-refractivity contribution is 0.365. The number of aromatic nitrogens is 2. The third-order valence-corrected chi connectivity index (χ3v) is 5.89. The van der Waals surface area contributed by atoms with Gasteiger partial charge < -0.3 is 9.26 Å². The fourth-order valence-corrected chi connectivity index (χ4v) is 3.77. The Balaban J connectivity index is 1.52. The van der Waals surface area contributed by atoms with Gasteiger partial charge in [-0.2, -0.15) is 10.2 Å². The molecule has 1 aromatic heterocycles. The second kappa shape index (κ2) is 10.4. The van der Waals surface area contributed by atoms with E-state index in [-0.39, 0.29) is 0 Å². The number of unbranched alkanes of at least 4 members (excludes halogenated alkanes) is 8. The Morgan fingerprint density at radius 2 is 1.76 bits per heavy atom. The molecule has 0 radical (unpaired) electrons. The number of rotatable bonds is 13. The SMILES string of the molecule is CCCCCCCCCCCc1cc(-c2noc(C3(C#N)CC3)n2)ccc1OC. The highest BCUT2D eigenvalue weighted by Crippen LogP contribution is 2.47. The molecule has 5 heteroatoms. The summed E-state index contributed by atoms with van der Waals surface area (Å²) in [6.07, 6.45) is 14.4. The Hall–Kier alpha value is -2.35. The van der Waals surface area contributed by atoms with Crippen LogP contribution in [-0.2, 0) is 11.8 Å². The molecule has 1 aromatic carbocycles. The molecule has 156 valence electrons. The van der Waals surface area contributed by atoms with Crippen LogP contribution in [0.4, 0.5) is 0 Å². The number of methoxy groups -OCH3 is 1. The summed E-state index contributed by atoms with van der Waals surface area (Å²) >= 11 is 0. The zero-order valence-electron chi connectivity index (χ0n) is 17.9. The first-order valence-corrected chi connectivity index (χ1v) is 11.1. The predicted molar refractivity (Wildman–Crippen MR) is 114 cm³/mol. The van der Waals surface area contributed by atoms with Crippen molar-refractivity contribution >= 4 is 0 Å². The Morgan fingerprint density at radius 1 is 1.07 bits per heavy atom. The van der Waals surface area contributed by atoms with Crippen molar-refractivity contribution in [1.29, 1.82) is 5.26 Å². The molecule has 1 aliphatic carbocycles. The molecular weight excluding hydrogens is 362 g/mol. The van der Waals surface area contributed by atoms with E-state index in [1.54, 1.807) is 7.11 Å². The van der Waals surface area contributed by atoms with E-state index in [2.05, 4.69) is 29.2 Å². The van der Waals surface area contributed by atoms with Gasteiger partial charge in [0, 0.05) is 5.56 Å². The number of aryl methyl sites for hydroxylation is 1. The highest BCUT2D eigenvalue weighted by Gasteiger charge is 2.50. The molecule has 1 heterocycles. The van der Waals surface area contributed by atoms with Crippen molar-refractivity contribution in [3.05, 3.63) is 29.7 Å². The van der Waals surface area contributed by atoms with Gasteiger partial charge in [-0.1, -0.05) is 63.4 Å². The average molecular weight is 396 g/mol. The van der Waals surface area contributed by atoms with Crippen molar-refractivity contribution in [3.63, 3.8) is 0 Å². The Bertz CT molecular complexity index is 818. The maximum Gasteiger partial charge on any atom is 0.247 e. The van der Waals surface area contributed by atoms with Crippen LogP contribution in [0.5, 0.6) is 5.75 Å².